The molecule has 2 unspecified atom stereocenters. The molecule has 0 fully saturated rings. The number of hydrogen-bond donors (Lipinski definition) is 0. The Morgan fingerprint density at radius 3 is 1.42 bits per heavy atom. The second-order valence-electron chi connectivity index (χ2n) is 3.81. The molecule has 0 aromatic carbocycles. The van der Waals surface area contributed by atoms with E-state index in [9.17, 15) is 0 Å². The SMILES string of the molecule is CC1=CC(C)(Br)C(C)=CC1(C)Br. The van der Waals surface area contributed by atoms with Crippen LogP contribution in [0.5, 0.6) is 0 Å². The van der Waals surface area contributed by atoms with E-state index in [0.29, 0.717) is 0 Å². The van der Waals surface area contributed by atoms with E-state index in [0.717, 1.165) is 0 Å². The highest BCUT2D eigenvalue weighted by Gasteiger charge is 2.31. The first kappa shape index (κ1) is 10.5. The number of hydrogen-bond acceptors (Lipinski definition) is 0. The highest BCUT2D eigenvalue weighted by atomic mass is 79.9. The van der Waals surface area contributed by atoms with Gasteiger partial charge in [0.15, 0.2) is 0 Å². The van der Waals surface area contributed by atoms with Gasteiger partial charge in [0.25, 0.3) is 0 Å². The van der Waals surface area contributed by atoms with Crippen LogP contribution in [0.25, 0.3) is 0 Å². The van der Waals surface area contributed by atoms with E-state index >= 15 is 0 Å². The van der Waals surface area contributed by atoms with Crippen molar-refractivity contribution in [2.24, 2.45) is 0 Å². The Kier molecular flexibility index (Phi) is 2.62. The van der Waals surface area contributed by atoms with Crippen LogP contribution in [0.4, 0.5) is 0 Å². The molecule has 0 aromatic heterocycles. The fourth-order valence-corrected chi connectivity index (χ4v) is 2.24. The van der Waals surface area contributed by atoms with Gasteiger partial charge in [-0.3, -0.25) is 0 Å². The van der Waals surface area contributed by atoms with Crippen molar-refractivity contribution in [1.82, 2.24) is 0 Å². The van der Waals surface area contributed by atoms with Gasteiger partial charge in [-0.2, -0.15) is 0 Å². The van der Waals surface area contributed by atoms with Gasteiger partial charge in [0, 0.05) is 0 Å². The topological polar surface area (TPSA) is 0 Å². The van der Waals surface area contributed by atoms with Crippen LogP contribution >= 0.6 is 31.9 Å². The minimum absolute atomic E-state index is 0.0460. The summed E-state index contributed by atoms with van der Waals surface area (Å²) in [6.07, 6.45) is 4.52. The van der Waals surface area contributed by atoms with E-state index in [1.807, 2.05) is 0 Å². The van der Waals surface area contributed by atoms with E-state index in [-0.39, 0.29) is 8.65 Å². The standard InChI is InChI=1S/C10H14Br2/c1-7-5-10(4,12)8(2)6-9(7,3)11/h5-6H,1-4H3. The highest BCUT2D eigenvalue weighted by molar-refractivity contribution is 9.10. The lowest BCUT2D eigenvalue weighted by Crippen LogP contribution is -2.27. The van der Waals surface area contributed by atoms with Crippen molar-refractivity contribution in [3.8, 4) is 0 Å². The number of rotatable bonds is 0. The molecule has 0 bridgehead atoms. The Morgan fingerprint density at radius 2 is 1.17 bits per heavy atom. The summed E-state index contributed by atoms with van der Waals surface area (Å²) in [6, 6.07) is 0. The van der Waals surface area contributed by atoms with E-state index in [1.165, 1.54) is 11.1 Å². The van der Waals surface area contributed by atoms with Gasteiger partial charge < -0.3 is 0 Å². The molecule has 0 radical (unpaired) electrons. The van der Waals surface area contributed by atoms with Gasteiger partial charge in [-0.25, -0.2) is 0 Å². The monoisotopic (exact) mass is 292 g/mol. The van der Waals surface area contributed by atoms with Gasteiger partial charge in [0.1, 0.15) is 0 Å². The van der Waals surface area contributed by atoms with Crippen LogP contribution in [0.1, 0.15) is 27.7 Å². The van der Waals surface area contributed by atoms with Crippen LogP contribution in [-0.4, -0.2) is 8.65 Å². The molecule has 0 aliphatic heterocycles. The molecule has 1 aliphatic rings. The van der Waals surface area contributed by atoms with Crippen LogP contribution in [0.15, 0.2) is 23.3 Å². The lowest BCUT2D eigenvalue weighted by Gasteiger charge is -2.33. The molecule has 0 N–H and O–H groups in total. The van der Waals surface area contributed by atoms with E-state index < -0.39 is 0 Å². The molecule has 2 heteroatoms. The summed E-state index contributed by atoms with van der Waals surface area (Å²) in [5.74, 6) is 0. The van der Waals surface area contributed by atoms with E-state index in [1.54, 1.807) is 0 Å². The molecule has 2 atom stereocenters. The fraction of sp³-hybridized carbons (Fsp3) is 0.600. The largest absolute Gasteiger partial charge is 0.0762 e. The Balaban J connectivity index is 3.13. The molecule has 1 rings (SSSR count). The maximum Gasteiger partial charge on any atom is 0.0618 e. The molecule has 0 spiro atoms. The predicted octanol–water partition coefficient (Wildman–Crippen LogP) is 4.20. The quantitative estimate of drug-likeness (QED) is 0.464. The Labute approximate surface area is 91.4 Å². The predicted molar refractivity (Wildman–Crippen MR) is 62.2 cm³/mol. The second kappa shape index (κ2) is 2.98. The Morgan fingerprint density at radius 1 is 0.917 bits per heavy atom. The van der Waals surface area contributed by atoms with Gasteiger partial charge >= 0.3 is 0 Å². The lowest BCUT2D eigenvalue weighted by molar-refractivity contribution is 0.816. The van der Waals surface area contributed by atoms with Crippen LogP contribution in [-0.2, 0) is 0 Å². The van der Waals surface area contributed by atoms with Crippen molar-refractivity contribution in [2.75, 3.05) is 0 Å². The van der Waals surface area contributed by atoms with Gasteiger partial charge in [-0.15, -0.1) is 0 Å². The summed E-state index contributed by atoms with van der Waals surface area (Å²) in [7, 11) is 0. The number of allylic oxidation sites excluding steroid dienone is 4. The van der Waals surface area contributed by atoms with Gasteiger partial charge in [-0.1, -0.05) is 55.2 Å². The maximum absolute atomic E-state index is 3.68. The average molecular weight is 294 g/mol. The summed E-state index contributed by atoms with van der Waals surface area (Å²) >= 11 is 7.37. The van der Waals surface area contributed by atoms with Crippen LogP contribution in [0.3, 0.4) is 0 Å². The van der Waals surface area contributed by atoms with Crippen molar-refractivity contribution >= 4 is 31.9 Å². The third-order valence-corrected chi connectivity index (χ3v) is 4.23. The smallest absolute Gasteiger partial charge is 0.0618 e. The zero-order chi connectivity index (χ0) is 9.57. The Bertz CT molecular complexity index is 229. The number of alkyl halides is 2. The molecule has 0 heterocycles. The minimum atomic E-state index is 0.0460. The first-order valence-corrected chi connectivity index (χ1v) is 5.62. The van der Waals surface area contributed by atoms with E-state index in [2.05, 4.69) is 71.7 Å². The molecule has 0 nitrogen and oxygen atoms in total. The summed E-state index contributed by atoms with van der Waals surface area (Å²) in [4.78, 5) is 0. The molecular weight excluding hydrogens is 280 g/mol. The summed E-state index contributed by atoms with van der Waals surface area (Å²) < 4.78 is 0.0920. The molecule has 12 heavy (non-hydrogen) atoms. The zero-order valence-electron chi connectivity index (χ0n) is 7.91. The molecule has 1 aliphatic carbocycles. The molecular formula is C10H14Br2. The van der Waals surface area contributed by atoms with Crippen molar-refractivity contribution in [2.45, 2.75) is 36.3 Å². The van der Waals surface area contributed by atoms with Gasteiger partial charge in [0.2, 0.25) is 0 Å². The van der Waals surface area contributed by atoms with Crippen molar-refractivity contribution < 1.29 is 0 Å². The van der Waals surface area contributed by atoms with Crippen LogP contribution < -0.4 is 0 Å². The van der Waals surface area contributed by atoms with Crippen molar-refractivity contribution in [3.63, 3.8) is 0 Å². The third-order valence-electron chi connectivity index (χ3n) is 2.52. The van der Waals surface area contributed by atoms with Crippen molar-refractivity contribution in [3.05, 3.63) is 23.3 Å². The van der Waals surface area contributed by atoms with Crippen LogP contribution in [0, 0.1) is 0 Å². The van der Waals surface area contributed by atoms with Crippen molar-refractivity contribution in [1.29, 1.82) is 0 Å². The van der Waals surface area contributed by atoms with E-state index in [4.69, 9.17) is 0 Å². The molecule has 0 aromatic rings. The third kappa shape index (κ3) is 1.85. The van der Waals surface area contributed by atoms with Crippen LogP contribution in [0.2, 0.25) is 0 Å². The molecule has 68 valence electrons. The maximum atomic E-state index is 3.68. The zero-order valence-corrected chi connectivity index (χ0v) is 11.1. The average Bonchev–Trinajstić information content (AvgIpc) is 1.82. The normalized spacial score (nSPS) is 42.2. The summed E-state index contributed by atoms with van der Waals surface area (Å²) in [5.41, 5.74) is 2.71. The molecule has 0 saturated carbocycles. The fourth-order valence-electron chi connectivity index (χ4n) is 1.32. The lowest BCUT2D eigenvalue weighted by atomic mass is 9.86. The highest BCUT2D eigenvalue weighted by Crippen LogP contribution is 2.42. The Hall–Kier alpha value is 0.440. The molecule has 0 saturated heterocycles. The molecule has 0 amide bonds. The van der Waals surface area contributed by atoms with Gasteiger partial charge in [0.05, 0.1) is 8.65 Å². The first-order valence-electron chi connectivity index (χ1n) is 4.03. The second-order valence-corrected chi connectivity index (χ2v) is 7.10. The summed E-state index contributed by atoms with van der Waals surface area (Å²) in [5, 5.41) is 0. The first-order chi connectivity index (χ1) is 5.26. The number of halogens is 2. The summed E-state index contributed by atoms with van der Waals surface area (Å²) in [6.45, 7) is 8.64. The minimum Gasteiger partial charge on any atom is -0.0762 e. The van der Waals surface area contributed by atoms with Gasteiger partial charge in [-0.05, 0) is 27.7 Å².